The molecule has 3 aromatic rings. The van der Waals surface area contributed by atoms with Crippen LogP contribution in [0.3, 0.4) is 0 Å². The second-order valence-corrected chi connectivity index (χ2v) is 10.3. The van der Waals surface area contributed by atoms with Crippen molar-refractivity contribution in [3.63, 3.8) is 0 Å². The molecule has 0 aliphatic carbocycles. The number of fused-ring (bicyclic) bond motifs is 1. The monoisotopic (exact) mass is 461 g/mol. The zero-order valence-corrected chi connectivity index (χ0v) is 21.5. The zero-order chi connectivity index (χ0) is 24.4. The van der Waals surface area contributed by atoms with Gasteiger partial charge in [-0.25, -0.2) is 0 Å². The minimum absolute atomic E-state index is 0.0253. The van der Waals surface area contributed by atoms with E-state index in [0.29, 0.717) is 13.2 Å². The highest BCUT2D eigenvalue weighted by atomic mass is 16.5. The minimum Gasteiger partial charge on any atom is -0.389 e. The quantitative estimate of drug-likeness (QED) is 0.254. The van der Waals surface area contributed by atoms with Gasteiger partial charge in [-0.05, 0) is 67.5 Å². The highest BCUT2D eigenvalue weighted by Crippen LogP contribution is 2.23. The first-order valence-corrected chi connectivity index (χ1v) is 13.0. The summed E-state index contributed by atoms with van der Waals surface area (Å²) in [7, 11) is 0. The van der Waals surface area contributed by atoms with Crippen LogP contribution in [0.1, 0.15) is 76.2 Å². The van der Waals surface area contributed by atoms with Crippen molar-refractivity contribution in [3.05, 3.63) is 83.4 Å². The summed E-state index contributed by atoms with van der Waals surface area (Å²) in [6.45, 7) is 9.54. The van der Waals surface area contributed by atoms with E-state index in [0.717, 1.165) is 12.8 Å². The Morgan fingerprint density at radius 3 is 2.44 bits per heavy atom. The SMILES string of the molecule is CCCCCCc1ccccc1C(C)OCC(O)CNC(C)(C)Cc1ccc2ccccc2c1. The Kier molecular flexibility index (Phi) is 10.1. The molecule has 0 aliphatic heterocycles. The molecule has 0 bridgehead atoms. The summed E-state index contributed by atoms with van der Waals surface area (Å²) in [5, 5.41) is 16.7. The van der Waals surface area contributed by atoms with Crippen LogP contribution in [-0.4, -0.2) is 29.9 Å². The number of β-amino-alcohol motifs (C(OH)–C–C–N with tert-alkyl or cyclic N) is 1. The Labute approximate surface area is 206 Å². The maximum absolute atomic E-state index is 10.6. The lowest BCUT2D eigenvalue weighted by Gasteiger charge is -2.28. The van der Waals surface area contributed by atoms with Crippen LogP contribution in [0.15, 0.2) is 66.7 Å². The highest BCUT2D eigenvalue weighted by molar-refractivity contribution is 5.83. The van der Waals surface area contributed by atoms with Crippen LogP contribution in [-0.2, 0) is 17.6 Å². The van der Waals surface area contributed by atoms with E-state index in [9.17, 15) is 5.11 Å². The molecule has 3 nitrogen and oxygen atoms in total. The molecule has 3 aromatic carbocycles. The van der Waals surface area contributed by atoms with Crippen LogP contribution in [0, 0.1) is 0 Å². The van der Waals surface area contributed by atoms with Crippen LogP contribution in [0.2, 0.25) is 0 Å². The van der Waals surface area contributed by atoms with E-state index in [1.165, 1.54) is 53.1 Å². The lowest BCUT2D eigenvalue weighted by Crippen LogP contribution is -2.46. The van der Waals surface area contributed by atoms with E-state index in [-0.39, 0.29) is 11.6 Å². The third-order valence-electron chi connectivity index (χ3n) is 6.61. The van der Waals surface area contributed by atoms with Crippen molar-refractivity contribution in [1.82, 2.24) is 5.32 Å². The van der Waals surface area contributed by atoms with Gasteiger partial charge in [-0.1, -0.05) is 92.9 Å². The number of ether oxygens (including phenoxy) is 1. The average Bonchev–Trinajstić information content (AvgIpc) is 2.84. The molecule has 3 rings (SSSR count). The maximum atomic E-state index is 10.6. The van der Waals surface area contributed by atoms with E-state index in [1.807, 2.05) is 0 Å². The third kappa shape index (κ3) is 8.23. The first kappa shape index (κ1) is 26.4. The first-order chi connectivity index (χ1) is 16.4. The fourth-order valence-corrected chi connectivity index (χ4v) is 4.62. The molecule has 0 amide bonds. The van der Waals surface area contributed by atoms with Gasteiger partial charge in [0.05, 0.1) is 18.8 Å². The second kappa shape index (κ2) is 13.0. The zero-order valence-electron chi connectivity index (χ0n) is 21.5. The van der Waals surface area contributed by atoms with Crippen molar-refractivity contribution < 1.29 is 9.84 Å². The van der Waals surface area contributed by atoms with Crippen molar-refractivity contribution in [2.24, 2.45) is 0 Å². The largest absolute Gasteiger partial charge is 0.389 e. The second-order valence-electron chi connectivity index (χ2n) is 10.3. The van der Waals surface area contributed by atoms with Crippen molar-refractivity contribution in [1.29, 1.82) is 0 Å². The van der Waals surface area contributed by atoms with E-state index < -0.39 is 6.10 Å². The van der Waals surface area contributed by atoms with Gasteiger partial charge in [-0.3, -0.25) is 0 Å². The summed E-state index contributed by atoms with van der Waals surface area (Å²) in [5.74, 6) is 0. The number of unbranched alkanes of at least 4 members (excludes halogenated alkanes) is 3. The summed E-state index contributed by atoms with van der Waals surface area (Å²) in [6.07, 6.45) is 6.47. The molecule has 0 fully saturated rings. The molecule has 2 atom stereocenters. The summed E-state index contributed by atoms with van der Waals surface area (Å²) in [5.41, 5.74) is 3.79. The number of hydrogen-bond acceptors (Lipinski definition) is 3. The number of rotatable bonds is 14. The van der Waals surface area contributed by atoms with Gasteiger partial charge in [0.1, 0.15) is 0 Å². The Hall–Kier alpha value is -2.20. The summed E-state index contributed by atoms with van der Waals surface area (Å²) >= 11 is 0. The van der Waals surface area contributed by atoms with Crippen LogP contribution >= 0.6 is 0 Å². The van der Waals surface area contributed by atoms with Crippen LogP contribution in [0.4, 0.5) is 0 Å². The molecule has 34 heavy (non-hydrogen) atoms. The van der Waals surface area contributed by atoms with Gasteiger partial charge < -0.3 is 15.2 Å². The lowest BCUT2D eigenvalue weighted by molar-refractivity contribution is -0.00449. The molecule has 0 spiro atoms. The molecule has 0 aliphatic rings. The number of hydrogen-bond donors (Lipinski definition) is 2. The van der Waals surface area contributed by atoms with E-state index in [4.69, 9.17) is 4.74 Å². The maximum Gasteiger partial charge on any atom is 0.0898 e. The predicted octanol–water partition coefficient (Wildman–Crippen LogP) is 7.01. The van der Waals surface area contributed by atoms with Gasteiger partial charge in [-0.15, -0.1) is 0 Å². The van der Waals surface area contributed by atoms with Crippen molar-refractivity contribution >= 4 is 10.8 Å². The Morgan fingerprint density at radius 1 is 0.912 bits per heavy atom. The van der Waals surface area contributed by atoms with Crippen LogP contribution in [0.25, 0.3) is 10.8 Å². The van der Waals surface area contributed by atoms with Gasteiger partial charge in [0.15, 0.2) is 0 Å². The molecule has 3 heteroatoms. The number of aliphatic hydroxyl groups is 1. The van der Waals surface area contributed by atoms with Gasteiger partial charge in [-0.2, -0.15) is 0 Å². The molecule has 2 N–H and O–H groups in total. The summed E-state index contributed by atoms with van der Waals surface area (Å²) < 4.78 is 6.10. The number of benzene rings is 3. The molecule has 0 heterocycles. The smallest absolute Gasteiger partial charge is 0.0898 e. The summed E-state index contributed by atoms with van der Waals surface area (Å²) in [6, 6.07) is 23.7. The van der Waals surface area contributed by atoms with Crippen molar-refractivity contribution in [2.75, 3.05) is 13.2 Å². The highest BCUT2D eigenvalue weighted by Gasteiger charge is 2.20. The van der Waals surface area contributed by atoms with Crippen molar-refractivity contribution in [2.45, 2.75) is 84.0 Å². The van der Waals surface area contributed by atoms with Gasteiger partial charge >= 0.3 is 0 Å². The molecule has 0 radical (unpaired) electrons. The first-order valence-electron chi connectivity index (χ1n) is 13.0. The molecule has 0 aromatic heterocycles. The fraction of sp³-hybridized carbons (Fsp3) is 0.484. The normalized spacial score (nSPS) is 13.8. The Morgan fingerprint density at radius 2 is 1.65 bits per heavy atom. The average molecular weight is 462 g/mol. The molecular weight excluding hydrogens is 418 g/mol. The molecule has 0 saturated carbocycles. The van der Waals surface area contributed by atoms with Crippen molar-refractivity contribution in [3.8, 4) is 0 Å². The topological polar surface area (TPSA) is 41.5 Å². The minimum atomic E-state index is -0.546. The van der Waals surface area contributed by atoms with Gasteiger partial charge in [0, 0.05) is 12.1 Å². The van der Waals surface area contributed by atoms with E-state index >= 15 is 0 Å². The number of nitrogens with one attached hydrogen (secondary N) is 1. The van der Waals surface area contributed by atoms with Crippen LogP contribution < -0.4 is 5.32 Å². The molecular formula is C31H43NO2. The number of aliphatic hydroxyl groups excluding tert-OH is 1. The standard InChI is InChI=1S/C31H43NO2/c1-5-6-7-8-14-27-15-11-12-17-30(27)24(2)34-23-29(33)22-32-31(3,4)21-25-18-19-26-13-9-10-16-28(26)20-25/h9-13,15-20,24,29,32-33H,5-8,14,21-23H2,1-4H3. The fourth-order valence-electron chi connectivity index (χ4n) is 4.62. The molecule has 0 saturated heterocycles. The predicted molar refractivity (Wildman–Crippen MR) is 144 cm³/mol. The third-order valence-corrected chi connectivity index (χ3v) is 6.61. The lowest BCUT2D eigenvalue weighted by atomic mass is 9.93. The Balaban J connectivity index is 1.46. The van der Waals surface area contributed by atoms with E-state index in [2.05, 4.69) is 99.7 Å². The number of aryl methyl sites for hydroxylation is 1. The van der Waals surface area contributed by atoms with Gasteiger partial charge in [0.25, 0.3) is 0 Å². The molecule has 184 valence electrons. The molecule has 2 unspecified atom stereocenters. The van der Waals surface area contributed by atoms with Crippen LogP contribution in [0.5, 0.6) is 0 Å². The van der Waals surface area contributed by atoms with E-state index in [1.54, 1.807) is 0 Å². The summed E-state index contributed by atoms with van der Waals surface area (Å²) in [4.78, 5) is 0. The Bertz CT molecular complexity index is 1010. The van der Waals surface area contributed by atoms with Gasteiger partial charge in [0.2, 0.25) is 0 Å².